The number of nitrogens with one attached hydrogen (secondary N) is 2. The van der Waals surface area contributed by atoms with E-state index in [-0.39, 0.29) is 17.7 Å². The summed E-state index contributed by atoms with van der Waals surface area (Å²) < 4.78 is 1.60. The minimum absolute atomic E-state index is 0.0703. The molecule has 1 aromatic carbocycles. The Labute approximate surface area is 141 Å². The molecule has 2 amide bonds. The van der Waals surface area contributed by atoms with E-state index in [0.29, 0.717) is 11.4 Å². The molecule has 1 unspecified atom stereocenters. The Hall–Kier alpha value is -2.63. The molecule has 6 heteroatoms. The molecule has 6 nitrogen and oxygen atoms in total. The minimum atomic E-state index is -0.406. The average molecular weight is 326 g/mol. The number of carbonyl (C=O) groups is 2. The summed E-state index contributed by atoms with van der Waals surface area (Å²) in [7, 11) is 0. The molecule has 1 saturated carbocycles. The highest BCUT2D eigenvalue weighted by atomic mass is 16.2. The Balaban J connectivity index is 1.62. The highest BCUT2D eigenvalue weighted by molar-refractivity contribution is 5.96. The summed E-state index contributed by atoms with van der Waals surface area (Å²) in [4.78, 5) is 24.5. The van der Waals surface area contributed by atoms with Crippen molar-refractivity contribution in [2.75, 3.05) is 10.6 Å². The number of hydrogen-bond donors (Lipinski definition) is 2. The third kappa shape index (κ3) is 3.82. The summed E-state index contributed by atoms with van der Waals surface area (Å²) in [5.74, 6) is 0.0296. The first-order valence-electron chi connectivity index (χ1n) is 8.34. The van der Waals surface area contributed by atoms with E-state index in [1.165, 1.54) is 0 Å². The van der Waals surface area contributed by atoms with Crippen molar-refractivity contribution in [3.63, 3.8) is 0 Å². The normalized spacial score (nSPS) is 15.9. The van der Waals surface area contributed by atoms with Gasteiger partial charge in [0.25, 0.3) is 0 Å². The second-order valence-electron chi connectivity index (χ2n) is 6.20. The lowest BCUT2D eigenvalue weighted by atomic mass is 10.1. The van der Waals surface area contributed by atoms with E-state index in [1.54, 1.807) is 42.2 Å². The van der Waals surface area contributed by atoms with Crippen molar-refractivity contribution in [1.82, 2.24) is 9.78 Å². The van der Waals surface area contributed by atoms with E-state index < -0.39 is 6.04 Å². The molecular formula is C18H22N4O2. The Kier molecular flexibility index (Phi) is 4.93. The lowest BCUT2D eigenvalue weighted by Gasteiger charge is -2.14. The predicted molar refractivity (Wildman–Crippen MR) is 92.6 cm³/mol. The molecule has 1 aliphatic carbocycles. The van der Waals surface area contributed by atoms with Crippen LogP contribution in [0.25, 0.3) is 0 Å². The smallest absolute Gasteiger partial charge is 0.248 e. The summed E-state index contributed by atoms with van der Waals surface area (Å²) in [6.45, 7) is 1.79. The SMILES string of the molecule is CC(C(=O)Nc1cccc(NC(=O)C2CCCC2)c1)n1cccn1. The Bertz CT molecular complexity index is 706. The van der Waals surface area contributed by atoms with Gasteiger partial charge < -0.3 is 10.6 Å². The van der Waals surface area contributed by atoms with Crippen LogP contribution in [0.4, 0.5) is 11.4 Å². The average Bonchev–Trinajstić information content (AvgIpc) is 3.28. The van der Waals surface area contributed by atoms with E-state index in [4.69, 9.17) is 0 Å². The Morgan fingerprint density at radius 2 is 1.88 bits per heavy atom. The first-order valence-corrected chi connectivity index (χ1v) is 8.34. The summed E-state index contributed by atoms with van der Waals surface area (Å²) in [5, 5.41) is 9.89. The molecule has 1 atom stereocenters. The fourth-order valence-electron chi connectivity index (χ4n) is 2.98. The van der Waals surface area contributed by atoms with Gasteiger partial charge in [-0.1, -0.05) is 18.9 Å². The number of amides is 2. The molecule has 0 aliphatic heterocycles. The molecule has 0 bridgehead atoms. The molecule has 0 spiro atoms. The van der Waals surface area contributed by atoms with Gasteiger partial charge in [-0.2, -0.15) is 5.10 Å². The van der Waals surface area contributed by atoms with Crippen LogP contribution in [0.2, 0.25) is 0 Å². The highest BCUT2D eigenvalue weighted by Crippen LogP contribution is 2.26. The maximum Gasteiger partial charge on any atom is 0.248 e. The maximum absolute atomic E-state index is 12.3. The van der Waals surface area contributed by atoms with E-state index >= 15 is 0 Å². The van der Waals surface area contributed by atoms with E-state index in [2.05, 4.69) is 15.7 Å². The first kappa shape index (κ1) is 16.2. The van der Waals surface area contributed by atoms with Gasteiger partial charge in [0.1, 0.15) is 6.04 Å². The largest absolute Gasteiger partial charge is 0.326 e. The van der Waals surface area contributed by atoms with Gasteiger partial charge >= 0.3 is 0 Å². The Morgan fingerprint density at radius 1 is 1.17 bits per heavy atom. The topological polar surface area (TPSA) is 76.0 Å². The fraction of sp³-hybridized carbons (Fsp3) is 0.389. The van der Waals surface area contributed by atoms with E-state index in [0.717, 1.165) is 25.7 Å². The van der Waals surface area contributed by atoms with Crippen molar-refractivity contribution < 1.29 is 9.59 Å². The van der Waals surface area contributed by atoms with Crippen LogP contribution < -0.4 is 10.6 Å². The monoisotopic (exact) mass is 326 g/mol. The van der Waals surface area contributed by atoms with Gasteiger partial charge in [-0.15, -0.1) is 0 Å². The van der Waals surface area contributed by atoms with Crippen molar-refractivity contribution >= 4 is 23.2 Å². The number of anilines is 2. The zero-order chi connectivity index (χ0) is 16.9. The third-order valence-electron chi connectivity index (χ3n) is 4.42. The first-order chi connectivity index (χ1) is 11.6. The number of aromatic nitrogens is 2. The molecule has 2 aromatic rings. The predicted octanol–water partition coefficient (Wildman–Crippen LogP) is 3.21. The van der Waals surface area contributed by atoms with Gasteiger partial charge in [0, 0.05) is 29.7 Å². The Morgan fingerprint density at radius 3 is 2.54 bits per heavy atom. The van der Waals surface area contributed by atoms with Gasteiger partial charge in [0.15, 0.2) is 0 Å². The number of carbonyl (C=O) groups excluding carboxylic acids is 2. The molecule has 24 heavy (non-hydrogen) atoms. The van der Waals surface area contributed by atoms with Crippen LogP contribution in [-0.4, -0.2) is 21.6 Å². The highest BCUT2D eigenvalue weighted by Gasteiger charge is 2.22. The second-order valence-corrected chi connectivity index (χ2v) is 6.20. The quantitative estimate of drug-likeness (QED) is 0.886. The summed E-state index contributed by atoms with van der Waals surface area (Å²) in [6.07, 6.45) is 7.57. The zero-order valence-electron chi connectivity index (χ0n) is 13.7. The number of hydrogen-bond acceptors (Lipinski definition) is 3. The molecule has 2 N–H and O–H groups in total. The van der Waals surface area contributed by atoms with Crippen molar-refractivity contribution in [2.45, 2.75) is 38.6 Å². The number of benzene rings is 1. The lowest BCUT2D eigenvalue weighted by molar-refractivity contribution is -0.120. The molecule has 0 saturated heterocycles. The van der Waals surface area contributed by atoms with Crippen LogP contribution >= 0.6 is 0 Å². The van der Waals surface area contributed by atoms with Crippen LogP contribution in [0, 0.1) is 5.92 Å². The van der Waals surface area contributed by atoms with Crippen LogP contribution in [-0.2, 0) is 9.59 Å². The van der Waals surface area contributed by atoms with Crippen LogP contribution in [0.15, 0.2) is 42.7 Å². The molecule has 1 fully saturated rings. The maximum atomic E-state index is 12.3. The van der Waals surface area contributed by atoms with Gasteiger partial charge in [0.05, 0.1) is 0 Å². The van der Waals surface area contributed by atoms with Gasteiger partial charge in [-0.05, 0) is 44.0 Å². The van der Waals surface area contributed by atoms with E-state index in [9.17, 15) is 9.59 Å². The number of rotatable bonds is 5. The lowest BCUT2D eigenvalue weighted by Crippen LogP contribution is -2.24. The van der Waals surface area contributed by atoms with Crippen LogP contribution in [0.5, 0.6) is 0 Å². The molecule has 1 aromatic heterocycles. The van der Waals surface area contributed by atoms with Gasteiger partial charge in [0.2, 0.25) is 11.8 Å². The molecule has 0 radical (unpaired) electrons. The molecule has 1 aliphatic rings. The summed E-state index contributed by atoms with van der Waals surface area (Å²) in [5.41, 5.74) is 1.36. The van der Waals surface area contributed by atoms with Gasteiger partial charge in [-0.25, -0.2) is 0 Å². The summed E-state index contributed by atoms with van der Waals surface area (Å²) >= 11 is 0. The van der Waals surface area contributed by atoms with Crippen molar-refractivity contribution in [3.8, 4) is 0 Å². The van der Waals surface area contributed by atoms with Crippen LogP contribution in [0.3, 0.4) is 0 Å². The molecule has 1 heterocycles. The standard InChI is InChI=1S/C18H22N4O2/c1-13(22-11-5-10-19-22)17(23)20-15-8-4-9-16(12-15)21-18(24)14-6-2-3-7-14/h4-5,8-14H,2-3,6-7H2,1H3,(H,20,23)(H,21,24). The number of nitrogens with zero attached hydrogens (tertiary/aromatic N) is 2. The fourth-order valence-corrected chi connectivity index (χ4v) is 2.98. The third-order valence-corrected chi connectivity index (χ3v) is 4.42. The van der Waals surface area contributed by atoms with Crippen molar-refractivity contribution in [1.29, 1.82) is 0 Å². The minimum Gasteiger partial charge on any atom is -0.326 e. The van der Waals surface area contributed by atoms with Gasteiger partial charge in [-0.3, -0.25) is 14.3 Å². The molecule has 3 rings (SSSR count). The zero-order valence-corrected chi connectivity index (χ0v) is 13.7. The second kappa shape index (κ2) is 7.29. The van der Waals surface area contributed by atoms with Crippen molar-refractivity contribution in [3.05, 3.63) is 42.7 Å². The molecule has 126 valence electrons. The van der Waals surface area contributed by atoms with Crippen molar-refractivity contribution in [2.24, 2.45) is 5.92 Å². The summed E-state index contributed by atoms with van der Waals surface area (Å²) in [6, 6.07) is 8.61. The van der Waals surface area contributed by atoms with Crippen LogP contribution in [0.1, 0.15) is 38.6 Å². The van der Waals surface area contributed by atoms with E-state index in [1.807, 2.05) is 12.1 Å². The molecular weight excluding hydrogens is 304 g/mol.